The van der Waals surface area contributed by atoms with Crippen LogP contribution in [0, 0.1) is 5.82 Å². The Morgan fingerprint density at radius 3 is 2.62 bits per heavy atom. The van der Waals surface area contributed by atoms with Crippen LogP contribution in [-0.4, -0.2) is 27.0 Å². The molecule has 2 aromatic rings. The molecule has 112 valence electrons. The normalized spacial score (nSPS) is 11.2. The number of sulfonamides is 1. The maximum Gasteiger partial charge on any atom is 0.267 e. The zero-order chi connectivity index (χ0) is 15.5. The topological polar surface area (TPSA) is 62.3 Å². The van der Waals surface area contributed by atoms with Crippen molar-refractivity contribution in [3.63, 3.8) is 0 Å². The summed E-state index contributed by atoms with van der Waals surface area (Å²) in [6, 6.07) is 8.69. The lowest BCUT2D eigenvalue weighted by molar-refractivity contribution is 0.589. The number of hydrogen-bond acceptors (Lipinski definition) is 4. The molecule has 21 heavy (non-hydrogen) atoms. The molecule has 1 heterocycles. The highest BCUT2D eigenvalue weighted by molar-refractivity contribution is 7.93. The maximum atomic E-state index is 13.8. The third-order valence-corrected chi connectivity index (χ3v) is 4.75. The largest absolute Gasteiger partial charge is 0.369 e. The number of rotatable bonds is 5. The number of pyridine rings is 1. The molecule has 1 N–H and O–H groups in total. The van der Waals surface area contributed by atoms with Gasteiger partial charge in [0.2, 0.25) is 0 Å². The van der Waals surface area contributed by atoms with E-state index in [-0.39, 0.29) is 16.4 Å². The summed E-state index contributed by atoms with van der Waals surface area (Å²) in [6.07, 6.45) is 1.50. The van der Waals surface area contributed by atoms with E-state index in [2.05, 4.69) is 10.3 Å². The van der Waals surface area contributed by atoms with E-state index in [1.54, 1.807) is 6.07 Å². The van der Waals surface area contributed by atoms with Crippen LogP contribution in [0.15, 0.2) is 47.5 Å². The Balaban J connectivity index is 2.50. The molecule has 0 fully saturated rings. The maximum absolute atomic E-state index is 13.8. The van der Waals surface area contributed by atoms with Crippen molar-refractivity contribution in [2.75, 3.05) is 23.2 Å². The number of para-hydroxylation sites is 1. The predicted octanol–water partition coefficient (Wildman–Crippen LogP) is 2.48. The van der Waals surface area contributed by atoms with Crippen LogP contribution in [0.25, 0.3) is 0 Å². The van der Waals surface area contributed by atoms with Crippen LogP contribution in [-0.2, 0) is 10.0 Å². The van der Waals surface area contributed by atoms with Crippen LogP contribution in [0.1, 0.15) is 6.92 Å². The zero-order valence-corrected chi connectivity index (χ0v) is 12.6. The number of benzene rings is 1. The number of halogens is 1. The number of hydrogen-bond donors (Lipinski definition) is 1. The van der Waals surface area contributed by atoms with Gasteiger partial charge in [-0.05, 0) is 31.2 Å². The summed E-state index contributed by atoms with van der Waals surface area (Å²) >= 11 is 0. The molecule has 0 aliphatic heterocycles. The lowest BCUT2D eigenvalue weighted by Gasteiger charge is -2.21. The zero-order valence-electron chi connectivity index (χ0n) is 11.7. The van der Waals surface area contributed by atoms with Gasteiger partial charge in [-0.1, -0.05) is 12.1 Å². The SMILES string of the molecule is CCNc1ncccc1S(=O)(=O)N(C)c1ccccc1F. The Kier molecular flexibility index (Phi) is 4.42. The molecule has 0 unspecified atom stereocenters. The first-order chi connectivity index (χ1) is 9.98. The average molecular weight is 309 g/mol. The molecule has 0 aliphatic carbocycles. The highest BCUT2D eigenvalue weighted by Crippen LogP contribution is 2.27. The molecule has 5 nitrogen and oxygen atoms in total. The third-order valence-electron chi connectivity index (χ3n) is 2.95. The summed E-state index contributed by atoms with van der Waals surface area (Å²) in [5.74, 6) is -0.347. The van der Waals surface area contributed by atoms with Crippen molar-refractivity contribution in [3.05, 3.63) is 48.4 Å². The molecule has 0 amide bonds. The highest BCUT2D eigenvalue weighted by atomic mass is 32.2. The lowest BCUT2D eigenvalue weighted by Crippen LogP contribution is -2.28. The van der Waals surface area contributed by atoms with E-state index in [0.717, 1.165) is 4.31 Å². The second-order valence-electron chi connectivity index (χ2n) is 4.30. The minimum Gasteiger partial charge on any atom is -0.369 e. The van der Waals surface area contributed by atoms with Crippen LogP contribution >= 0.6 is 0 Å². The fourth-order valence-corrected chi connectivity index (χ4v) is 3.20. The van der Waals surface area contributed by atoms with Gasteiger partial charge < -0.3 is 5.32 Å². The van der Waals surface area contributed by atoms with Gasteiger partial charge in [0.05, 0.1) is 5.69 Å². The van der Waals surface area contributed by atoms with E-state index in [4.69, 9.17) is 0 Å². The molecule has 0 saturated heterocycles. The van der Waals surface area contributed by atoms with Gasteiger partial charge in [0.1, 0.15) is 16.5 Å². The molecule has 1 aromatic carbocycles. The number of nitrogens with one attached hydrogen (secondary N) is 1. The molecule has 1 aromatic heterocycles. The van der Waals surface area contributed by atoms with Gasteiger partial charge in [-0.25, -0.2) is 17.8 Å². The van der Waals surface area contributed by atoms with Crippen LogP contribution in [0.4, 0.5) is 15.9 Å². The quantitative estimate of drug-likeness (QED) is 0.921. The molecule has 7 heteroatoms. The van der Waals surface area contributed by atoms with Crippen LogP contribution < -0.4 is 9.62 Å². The van der Waals surface area contributed by atoms with Gasteiger partial charge in [0.15, 0.2) is 0 Å². The Labute approximate surface area is 123 Å². The van der Waals surface area contributed by atoms with Crippen molar-refractivity contribution < 1.29 is 12.8 Å². The Morgan fingerprint density at radius 2 is 1.95 bits per heavy atom. The molecule has 2 rings (SSSR count). The molecule has 0 radical (unpaired) electrons. The van der Waals surface area contributed by atoms with E-state index < -0.39 is 15.8 Å². The van der Waals surface area contributed by atoms with Crippen molar-refractivity contribution in [1.29, 1.82) is 0 Å². The summed E-state index contributed by atoms with van der Waals surface area (Å²) in [5, 5.41) is 2.89. The van der Waals surface area contributed by atoms with E-state index in [9.17, 15) is 12.8 Å². The third kappa shape index (κ3) is 2.97. The van der Waals surface area contributed by atoms with Gasteiger partial charge in [0, 0.05) is 19.8 Å². The molecular formula is C14H16FN3O2S. The summed E-state index contributed by atoms with van der Waals surface area (Å²) in [5.41, 5.74) is -0.0104. The first kappa shape index (κ1) is 15.2. The van der Waals surface area contributed by atoms with Gasteiger partial charge in [-0.3, -0.25) is 4.31 Å². The molecule has 0 saturated carbocycles. The highest BCUT2D eigenvalue weighted by Gasteiger charge is 2.26. The fraction of sp³-hybridized carbons (Fsp3) is 0.214. The van der Waals surface area contributed by atoms with Gasteiger partial charge in [-0.2, -0.15) is 0 Å². The summed E-state index contributed by atoms with van der Waals surface area (Å²) in [4.78, 5) is 4.03. The molecule has 0 aliphatic rings. The molecule has 0 bridgehead atoms. The smallest absolute Gasteiger partial charge is 0.267 e. The lowest BCUT2D eigenvalue weighted by atomic mass is 10.3. The molecule has 0 spiro atoms. The second kappa shape index (κ2) is 6.09. The number of nitrogens with zero attached hydrogens (tertiary/aromatic N) is 2. The van der Waals surface area contributed by atoms with Crippen LogP contribution in [0.2, 0.25) is 0 Å². The Morgan fingerprint density at radius 1 is 1.24 bits per heavy atom. The first-order valence-corrected chi connectivity index (χ1v) is 7.85. The monoisotopic (exact) mass is 309 g/mol. The van der Waals surface area contributed by atoms with Gasteiger partial charge >= 0.3 is 0 Å². The second-order valence-corrected chi connectivity index (χ2v) is 6.24. The molecule has 0 atom stereocenters. The van der Waals surface area contributed by atoms with E-state index in [1.807, 2.05) is 6.92 Å². The van der Waals surface area contributed by atoms with E-state index in [0.29, 0.717) is 6.54 Å². The fourth-order valence-electron chi connectivity index (χ4n) is 1.88. The minimum absolute atomic E-state index is 0.0104. The van der Waals surface area contributed by atoms with Crippen molar-refractivity contribution in [3.8, 4) is 0 Å². The standard InChI is InChI=1S/C14H16FN3O2S/c1-3-16-14-13(9-6-10-17-14)21(19,20)18(2)12-8-5-4-7-11(12)15/h4-10H,3H2,1-2H3,(H,16,17). The van der Waals surface area contributed by atoms with Crippen LogP contribution in [0.5, 0.6) is 0 Å². The molecular weight excluding hydrogens is 293 g/mol. The Hall–Kier alpha value is -2.15. The van der Waals surface area contributed by atoms with Crippen molar-refractivity contribution >= 4 is 21.5 Å². The Bertz CT molecular complexity index is 735. The van der Waals surface area contributed by atoms with Crippen LogP contribution in [0.3, 0.4) is 0 Å². The average Bonchev–Trinajstić information content (AvgIpc) is 2.48. The number of aromatic nitrogens is 1. The van der Waals surface area contributed by atoms with Gasteiger partial charge in [0.25, 0.3) is 10.0 Å². The summed E-state index contributed by atoms with van der Waals surface area (Å²) < 4.78 is 40.0. The van der Waals surface area contributed by atoms with Gasteiger partial charge in [-0.15, -0.1) is 0 Å². The predicted molar refractivity (Wildman–Crippen MR) is 80.4 cm³/mol. The first-order valence-electron chi connectivity index (χ1n) is 6.40. The summed E-state index contributed by atoms with van der Waals surface area (Å²) in [6.45, 7) is 2.37. The van der Waals surface area contributed by atoms with Crippen molar-refractivity contribution in [2.24, 2.45) is 0 Å². The van der Waals surface area contributed by atoms with E-state index >= 15 is 0 Å². The van der Waals surface area contributed by atoms with Crippen molar-refractivity contribution in [1.82, 2.24) is 4.98 Å². The van der Waals surface area contributed by atoms with Crippen molar-refractivity contribution in [2.45, 2.75) is 11.8 Å². The van der Waals surface area contributed by atoms with E-state index in [1.165, 1.54) is 43.6 Å². The minimum atomic E-state index is -3.90. The number of anilines is 2. The summed E-state index contributed by atoms with van der Waals surface area (Å²) in [7, 11) is -2.58.